The number of para-hydroxylation sites is 2. The first-order valence-electron chi connectivity index (χ1n) is 12.3. The second-order valence-electron chi connectivity index (χ2n) is 10.4. The molecule has 1 aromatic heterocycles. The summed E-state index contributed by atoms with van der Waals surface area (Å²) in [4.78, 5) is 19.5. The van der Waals surface area contributed by atoms with Crippen LogP contribution in [0.3, 0.4) is 0 Å². The number of fused-ring (bicyclic) bond motifs is 1. The van der Waals surface area contributed by atoms with E-state index in [9.17, 15) is 4.79 Å². The van der Waals surface area contributed by atoms with Crippen LogP contribution in [0.4, 0.5) is 17.4 Å². The van der Waals surface area contributed by atoms with Crippen molar-refractivity contribution in [2.24, 2.45) is 17.8 Å². The standard InChI is InChI=1S/C28H37N3O2/c1-18(2)16-31(17-19(3)4)25-13-12-22(20(5)14-26(32)21-10-11-21)15-24(25)30-28-29-23-8-6-7-9-27(23)33-28/h6-9,12-13,15,18-21H,10-11,14,16-17H2,1-5H3,(H,29,30). The number of aromatic nitrogens is 1. The zero-order valence-corrected chi connectivity index (χ0v) is 20.6. The highest BCUT2D eigenvalue weighted by molar-refractivity contribution is 5.84. The number of hydrogen-bond donors (Lipinski definition) is 1. The molecule has 1 N–H and O–H groups in total. The Morgan fingerprint density at radius 3 is 2.39 bits per heavy atom. The molecule has 1 heterocycles. The van der Waals surface area contributed by atoms with Gasteiger partial charge in [-0.15, -0.1) is 0 Å². The molecule has 1 aliphatic carbocycles. The van der Waals surface area contributed by atoms with Gasteiger partial charge in [0.05, 0.1) is 11.4 Å². The Kier molecular flexibility index (Phi) is 7.06. The lowest BCUT2D eigenvalue weighted by molar-refractivity contribution is -0.120. The average molecular weight is 448 g/mol. The topological polar surface area (TPSA) is 58.4 Å². The van der Waals surface area contributed by atoms with Crippen molar-refractivity contribution in [3.05, 3.63) is 48.0 Å². The molecule has 5 heteroatoms. The fourth-order valence-corrected chi connectivity index (χ4v) is 4.42. The molecule has 1 aliphatic rings. The minimum atomic E-state index is 0.181. The number of carbonyl (C=O) groups excluding carboxylic acids is 1. The minimum absolute atomic E-state index is 0.181. The number of nitrogens with zero attached hydrogens (tertiary/aromatic N) is 2. The van der Waals surface area contributed by atoms with Gasteiger partial charge in [0, 0.05) is 25.4 Å². The number of Topliss-reactive ketones (excluding diaryl/α,β-unsaturated/α-hetero) is 1. The third-order valence-corrected chi connectivity index (χ3v) is 6.18. The van der Waals surface area contributed by atoms with Gasteiger partial charge in [0.25, 0.3) is 6.01 Å². The molecule has 0 aliphatic heterocycles. The molecule has 1 unspecified atom stereocenters. The van der Waals surface area contributed by atoms with Gasteiger partial charge in [0.2, 0.25) is 0 Å². The van der Waals surface area contributed by atoms with E-state index < -0.39 is 0 Å². The molecule has 0 amide bonds. The van der Waals surface area contributed by atoms with Crippen molar-refractivity contribution in [2.45, 2.75) is 59.8 Å². The molecule has 2 aromatic carbocycles. The summed E-state index contributed by atoms with van der Waals surface area (Å²) in [5.74, 6) is 1.96. The molecule has 0 radical (unpaired) electrons. The third-order valence-electron chi connectivity index (χ3n) is 6.18. The Morgan fingerprint density at radius 2 is 1.76 bits per heavy atom. The molecule has 4 rings (SSSR count). The summed E-state index contributed by atoms with van der Waals surface area (Å²) in [5, 5.41) is 3.47. The van der Waals surface area contributed by atoms with Crippen LogP contribution in [0.1, 0.15) is 65.4 Å². The number of rotatable bonds is 11. The quantitative estimate of drug-likeness (QED) is 0.338. The maximum Gasteiger partial charge on any atom is 0.300 e. The predicted octanol–water partition coefficient (Wildman–Crippen LogP) is 7.16. The van der Waals surface area contributed by atoms with Crippen LogP contribution in [0, 0.1) is 17.8 Å². The van der Waals surface area contributed by atoms with Gasteiger partial charge < -0.3 is 14.6 Å². The van der Waals surface area contributed by atoms with E-state index in [1.165, 1.54) is 5.56 Å². The van der Waals surface area contributed by atoms with E-state index in [1.54, 1.807) is 0 Å². The SMILES string of the molecule is CC(C)CN(CC(C)C)c1ccc(C(C)CC(=O)C2CC2)cc1Nc1nc2ccccc2o1. The summed E-state index contributed by atoms with van der Waals surface area (Å²) in [6, 6.07) is 14.9. The number of oxazole rings is 1. The molecule has 1 saturated carbocycles. The van der Waals surface area contributed by atoms with Crippen LogP contribution in [0.25, 0.3) is 11.1 Å². The van der Waals surface area contributed by atoms with Gasteiger partial charge in [-0.2, -0.15) is 4.98 Å². The molecular weight excluding hydrogens is 410 g/mol. The van der Waals surface area contributed by atoms with Crippen LogP contribution in [-0.2, 0) is 4.79 Å². The largest absolute Gasteiger partial charge is 0.423 e. The first-order chi connectivity index (χ1) is 15.8. The lowest BCUT2D eigenvalue weighted by Crippen LogP contribution is -2.31. The van der Waals surface area contributed by atoms with Gasteiger partial charge in [-0.05, 0) is 60.4 Å². The summed E-state index contributed by atoms with van der Waals surface area (Å²) in [6.45, 7) is 13.1. The molecule has 176 valence electrons. The second-order valence-corrected chi connectivity index (χ2v) is 10.4. The predicted molar refractivity (Wildman–Crippen MR) is 136 cm³/mol. The smallest absolute Gasteiger partial charge is 0.300 e. The Bertz CT molecular complexity index is 1050. The number of anilines is 3. The maximum absolute atomic E-state index is 12.4. The van der Waals surface area contributed by atoms with Crippen molar-refractivity contribution in [3.63, 3.8) is 0 Å². The first-order valence-corrected chi connectivity index (χ1v) is 12.3. The summed E-state index contributed by atoms with van der Waals surface area (Å²) in [7, 11) is 0. The summed E-state index contributed by atoms with van der Waals surface area (Å²) in [5.41, 5.74) is 4.89. The van der Waals surface area contributed by atoms with E-state index in [1.807, 2.05) is 24.3 Å². The minimum Gasteiger partial charge on any atom is -0.423 e. The Hall–Kier alpha value is -2.82. The van der Waals surface area contributed by atoms with Crippen molar-refractivity contribution < 1.29 is 9.21 Å². The van der Waals surface area contributed by atoms with Gasteiger partial charge in [-0.3, -0.25) is 4.79 Å². The number of benzene rings is 2. The van der Waals surface area contributed by atoms with Crippen molar-refractivity contribution in [3.8, 4) is 0 Å². The Morgan fingerprint density at radius 1 is 1.06 bits per heavy atom. The van der Waals surface area contributed by atoms with Crippen molar-refractivity contribution >= 4 is 34.3 Å². The molecule has 0 bridgehead atoms. The molecule has 33 heavy (non-hydrogen) atoms. The highest BCUT2D eigenvalue weighted by atomic mass is 16.4. The third kappa shape index (κ3) is 5.95. The average Bonchev–Trinajstić information content (AvgIpc) is 3.52. The van der Waals surface area contributed by atoms with Crippen LogP contribution in [0.5, 0.6) is 0 Å². The number of carbonyl (C=O) groups is 1. The van der Waals surface area contributed by atoms with Crippen LogP contribution in [0.15, 0.2) is 46.9 Å². The Balaban J connectivity index is 1.68. The zero-order chi connectivity index (χ0) is 23.5. The van der Waals surface area contributed by atoms with E-state index in [-0.39, 0.29) is 5.92 Å². The molecule has 5 nitrogen and oxygen atoms in total. The van der Waals surface area contributed by atoms with E-state index in [2.05, 4.69) is 68.0 Å². The molecule has 0 spiro atoms. The van der Waals surface area contributed by atoms with Gasteiger partial charge in [-0.1, -0.05) is 52.8 Å². The van der Waals surface area contributed by atoms with Crippen LogP contribution in [0.2, 0.25) is 0 Å². The molecule has 0 saturated heterocycles. The molecule has 1 atom stereocenters. The van der Waals surface area contributed by atoms with Gasteiger partial charge in [0.15, 0.2) is 5.58 Å². The van der Waals surface area contributed by atoms with Crippen LogP contribution < -0.4 is 10.2 Å². The lowest BCUT2D eigenvalue weighted by Gasteiger charge is -2.31. The molecule has 3 aromatic rings. The van der Waals surface area contributed by atoms with E-state index >= 15 is 0 Å². The number of nitrogens with one attached hydrogen (secondary N) is 1. The fraction of sp³-hybridized carbons (Fsp3) is 0.500. The van der Waals surface area contributed by atoms with Crippen LogP contribution in [-0.4, -0.2) is 23.9 Å². The Labute approximate surface area is 197 Å². The zero-order valence-electron chi connectivity index (χ0n) is 20.6. The van der Waals surface area contributed by atoms with E-state index in [0.717, 1.165) is 48.4 Å². The number of hydrogen-bond acceptors (Lipinski definition) is 5. The van der Waals surface area contributed by atoms with Gasteiger partial charge in [0.1, 0.15) is 11.3 Å². The molecular formula is C28H37N3O2. The monoisotopic (exact) mass is 447 g/mol. The van der Waals surface area contributed by atoms with Crippen LogP contribution >= 0.6 is 0 Å². The molecule has 1 fully saturated rings. The normalized spacial score (nSPS) is 14.8. The van der Waals surface area contributed by atoms with Gasteiger partial charge >= 0.3 is 0 Å². The van der Waals surface area contributed by atoms with E-state index in [0.29, 0.717) is 36.0 Å². The van der Waals surface area contributed by atoms with Crippen molar-refractivity contribution in [2.75, 3.05) is 23.3 Å². The van der Waals surface area contributed by atoms with Crippen molar-refractivity contribution in [1.82, 2.24) is 4.98 Å². The maximum atomic E-state index is 12.4. The highest BCUT2D eigenvalue weighted by Gasteiger charge is 2.30. The highest BCUT2D eigenvalue weighted by Crippen LogP contribution is 2.37. The summed E-state index contributed by atoms with van der Waals surface area (Å²) < 4.78 is 5.98. The van der Waals surface area contributed by atoms with Gasteiger partial charge in [-0.25, -0.2) is 0 Å². The van der Waals surface area contributed by atoms with Crippen molar-refractivity contribution in [1.29, 1.82) is 0 Å². The number of ketones is 1. The summed E-state index contributed by atoms with van der Waals surface area (Å²) >= 11 is 0. The second kappa shape index (κ2) is 9.98. The fourth-order valence-electron chi connectivity index (χ4n) is 4.42. The summed E-state index contributed by atoms with van der Waals surface area (Å²) in [6.07, 6.45) is 2.73. The van der Waals surface area contributed by atoms with E-state index in [4.69, 9.17) is 4.42 Å². The first kappa shape index (κ1) is 23.3. The lowest BCUT2D eigenvalue weighted by atomic mass is 9.93.